The van der Waals surface area contributed by atoms with E-state index in [-0.39, 0.29) is 18.8 Å². The maximum atomic E-state index is 13.4. The van der Waals surface area contributed by atoms with Crippen molar-refractivity contribution >= 4 is 45.3 Å². The van der Waals surface area contributed by atoms with Crippen LogP contribution in [0.3, 0.4) is 0 Å². The van der Waals surface area contributed by atoms with Crippen LogP contribution in [0.25, 0.3) is 0 Å². The summed E-state index contributed by atoms with van der Waals surface area (Å²) in [6.07, 6.45) is 2.15. The largest absolute Gasteiger partial charge is 0.330 e. The van der Waals surface area contributed by atoms with Crippen LogP contribution in [0.5, 0.6) is 0 Å². The van der Waals surface area contributed by atoms with Crippen molar-refractivity contribution in [3.8, 4) is 0 Å². The first-order valence-electron chi connectivity index (χ1n) is 11.3. The van der Waals surface area contributed by atoms with Crippen LogP contribution in [0, 0.1) is 6.92 Å². The second kappa shape index (κ2) is 10.5. The summed E-state index contributed by atoms with van der Waals surface area (Å²) in [5.41, 5.74) is 2.97. The fourth-order valence-electron chi connectivity index (χ4n) is 4.02. The first-order valence-corrected chi connectivity index (χ1v) is 13.1. The Balaban J connectivity index is 1.53. The fourth-order valence-corrected chi connectivity index (χ4v) is 5.26. The second-order valence-corrected chi connectivity index (χ2v) is 10.5. The third-order valence-electron chi connectivity index (χ3n) is 5.95. The standard InChI is InChI=1S/C25H26ClN5O4S/c1-17-15-20(10-11-21(17)26)30(2)24(32)22(16-18-7-4-3-5-8-18)28-25(33)29-36(34,35)31-14-12-19-9-6-13-27-23(19)31/h3-11,13,15,22H,12,14,16H2,1-2H3,(H2,28,29,33)/t22-/m0/s1. The minimum Gasteiger partial charge on any atom is -0.325 e. The lowest BCUT2D eigenvalue weighted by Gasteiger charge is -2.26. The highest BCUT2D eigenvalue weighted by atomic mass is 35.5. The molecule has 1 aromatic heterocycles. The van der Waals surface area contributed by atoms with Gasteiger partial charge in [0.2, 0.25) is 5.91 Å². The van der Waals surface area contributed by atoms with E-state index in [0.717, 1.165) is 21.0 Å². The maximum absolute atomic E-state index is 13.4. The summed E-state index contributed by atoms with van der Waals surface area (Å²) >= 11 is 6.12. The number of fused-ring (bicyclic) bond motifs is 1. The van der Waals surface area contributed by atoms with Crippen LogP contribution >= 0.6 is 11.6 Å². The van der Waals surface area contributed by atoms with Gasteiger partial charge in [-0.15, -0.1) is 0 Å². The number of hydrogen-bond donors (Lipinski definition) is 2. The van der Waals surface area contributed by atoms with E-state index in [1.54, 1.807) is 37.4 Å². The lowest BCUT2D eigenvalue weighted by molar-refractivity contribution is -0.120. The second-order valence-electron chi connectivity index (χ2n) is 8.46. The van der Waals surface area contributed by atoms with E-state index in [2.05, 4.69) is 10.3 Å². The van der Waals surface area contributed by atoms with Crippen LogP contribution in [0.2, 0.25) is 5.02 Å². The molecule has 3 amide bonds. The molecule has 2 heterocycles. The van der Waals surface area contributed by atoms with E-state index >= 15 is 0 Å². The molecule has 11 heteroatoms. The molecule has 0 saturated heterocycles. The Hall–Kier alpha value is -3.63. The normalized spacial score (nSPS) is 13.6. The molecular weight excluding hydrogens is 502 g/mol. The number of nitrogens with zero attached hydrogens (tertiary/aromatic N) is 3. The van der Waals surface area contributed by atoms with Gasteiger partial charge in [-0.3, -0.25) is 4.79 Å². The molecule has 3 aromatic rings. The van der Waals surface area contributed by atoms with Crippen LogP contribution in [0.15, 0.2) is 66.9 Å². The molecule has 9 nitrogen and oxygen atoms in total. The Labute approximate surface area is 215 Å². The molecule has 2 aromatic carbocycles. The number of pyridine rings is 1. The quantitative estimate of drug-likeness (QED) is 0.490. The van der Waals surface area contributed by atoms with Crippen LogP contribution < -0.4 is 19.2 Å². The molecule has 4 rings (SSSR count). The van der Waals surface area contributed by atoms with Gasteiger partial charge in [-0.1, -0.05) is 48.0 Å². The van der Waals surface area contributed by atoms with E-state index in [1.165, 1.54) is 11.1 Å². The van der Waals surface area contributed by atoms with Gasteiger partial charge in [0.25, 0.3) is 0 Å². The molecule has 0 unspecified atom stereocenters. The molecule has 188 valence electrons. The Bertz CT molecular complexity index is 1380. The van der Waals surface area contributed by atoms with Crippen molar-refractivity contribution in [3.63, 3.8) is 0 Å². The third kappa shape index (κ3) is 5.60. The number of carbonyl (C=O) groups is 2. The average molecular weight is 528 g/mol. The Kier molecular flexibility index (Phi) is 7.46. The number of carbonyl (C=O) groups excluding carboxylic acids is 2. The molecule has 1 aliphatic rings. The van der Waals surface area contributed by atoms with Crippen LogP contribution in [-0.4, -0.2) is 45.0 Å². The Morgan fingerprint density at radius 3 is 2.61 bits per heavy atom. The summed E-state index contributed by atoms with van der Waals surface area (Å²) in [5, 5.41) is 3.12. The van der Waals surface area contributed by atoms with Gasteiger partial charge >= 0.3 is 16.2 Å². The molecule has 1 atom stereocenters. The topological polar surface area (TPSA) is 112 Å². The maximum Gasteiger partial charge on any atom is 0.330 e. The van der Waals surface area contributed by atoms with Crippen molar-refractivity contribution < 1.29 is 18.0 Å². The van der Waals surface area contributed by atoms with Crippen molar-refractivity contribution in [2.75, 3.05) is 22.8 Å². The smallest absolute Gasteiger partial charge is 0.325 e. The van der Waals surface area contributed by atoms with Gasteiger partial charge in [-0.05, 0) is 54.3 Å². The van der Waals surface area contributed by atoms with Crippen LogP contribution in [-0.2, 0) is 27.8 Å². The predicted molar refractivity (Wildman–Crippen MR) is 139 cm³/mol. The number of rotatable bonds is 7. The zero-order valence-corrected chi connectivity index (χ0v) is 21.4. The number of aromatic nitrogens is 1. The average Bonchev–Trinajstić information content (AvgIpc) is 3.30. The van der Waals surface area contributed by atoms with E-state index in [9.17, 15) is 18.0 Å². The van der Waals surface area contributed by atoms with Crippen molar-refractivity contribution in [2.24, 2.45) is 0 Å². The molecule has 2 N–H and O–H groups in total. The highest BCUT2D eigenvalue weighted by Crippen LogP contribution is 2.27. The van der Waals surface area contributed by atoms with E-state index in [1.807, 2.05) is 42.0 Å². The van der Waals surface area contributed by atoms with Crippen molar-refractivity contribution in [3.05, 3.63) is 88.6 Å². The van der Waals surface area contributed by atoms with Gasteiger partial charge in [-0.2, -0.15) is 8.42 Å². The number of halogens is 1. The zero-order valence-electron chi connectivity index (χ0n) is 19.8. The summed E-state index contributed by atoms with van der Waals surface area (Å²) in [6, 6.07) is 15.8. The van der Waals surface area contributed by atoms with Crippen LogP contribution in [0.4, 0.5) is 16.3 Å². The first kappa shape index (κ1) is 25.5. The van der Waals surface area contributed by atoms with Gasteiger partial charge < -0.3 is 10.2 Å². The molecule has 36 heavy (non-hydrogen) atoms. The number of amides is 3. The number of urea groups is 1. The summed E-state index contributed by atoms with van der Waals surface area (Å²) in [7, 11) is -2.64. The molecular formula is C25H26ClN5O4S. The number of hydrogen-bond acceptors (Lipinski definition) is 5. The molecule has 0 aliphatic carbocycles. The SMILES string of the molecule is Cc1cc(N(C)C(=O)[C@H](Cc2ccccc2)NC(=O)NS(=O)(=O)N2CCc3cccnc32)ccc1Cl. The van der Waals surface area contributed by atoms with Crippen molar-refractivity contribution in [1.82, 2.24) is 15.0 Å². The van der Waals surface area contributed by atoms with E-state index in [4.69, 9.17) is 11.6 Å². The number of anilines is 2. The molecule has 0 fully saturated rings. The lowest BCUT2D eigenvalue weighted by Crippen LogP contribution is -2.54. The lowest BCUT2D eigenvalue weighted by atomic mass is 10.0. The van der Waals surface area contributed by atoms with Gasteiger partial charge in [0.15, 0.2) is 0 Å². The minimum atomic E-state index is -4.23. The van der Waals surface area contributed by atoms with E-state index in [0.29, 0.717) is 17.1 Å². The molecule has 0 bridgehead atoms. The predicted octanol–water partition coefficient (Wildman–Crippen LogP) is 3.22. The molecule has 0 radical (unpaired) electrons. The van der Waals surface area contributed by atoms with E-state index < -0.39 is 28.2 Å². The van der Waals surface area contributed by atoms with Crippen molar-refractivity contribution in [1.29, 1.82) is 0 Å². The summed E-state index contributed by atoms with van der Waals surface area (Å²) in [5.74, 6) is -0.131. The van der Waals surface area contributed by atoms with Gasteiger partial charge in [0.1, 0.15) is 11.9 Å². The molecule has 1 aliphatic heterocycles. The Morgan fingerprint density at radius 1 is 1.14 bits per heavy atom. The first-order chi connectivity index (χ1) is 17.2. The fraction of sp³-hybridized carbons (Fsp3) is 0.240. The number of nitrogens with one attached hydrogen (secondary N) is 2. The number of likely N-dealkylation sites (N-methyl/N-ethyl adjacent to an activating group) is 1. The van der Waals surface area contributed by atoms with Gasteiger partial charge in [0.05, 0.1) is 0 Å². The summed E-state index contributed by atoms with van der Waals surface area (Å²) < 4.78 is 29.0. The Morgan fingerprint density at radius 2 is 1.89 bits per heavy atom. The van der Waals surface area contributed by atoms with Crippen molar-refractivity contribution in [2.45, 2.75) is 25.8 Å². The third-order valence-corrected chi connectivity index (χ3v) is 7.75. The number of aryl methyl sites for hydroxylation is 1. The monoisotopic (exact) mass is 527 g/mol. The van der Waals surface area contributed by atoms with Gasteiger partial charge in [-0.25, -0.2) is 18.8 Å². The zero-order chi connectivity index (χ0) is 25.9. The summed E-state index contributed by atoms with van der Waals surface area (Å²) in [6.45, 7) is 1.99. The highest BCUT2D eigenvalue weighted by molar-refractivity contribution is 7.91. The van der Waals surface area contributed by atoms with Crippen LogP contribution in [0.1, 0.15) is 16.7 Å². The van der Waals surface area contributed by atoms with Gasteiger partial charge in [0, 0.05) is 36.9 Å². The molecule has 0 spiro atoms. The minimum absolute atomic E-state index is 0.165. The highest BCUT2D eigenvalue weighted by Gasteiger charge is 2.33. The number of benzene rings is 2. The summed E-state index contributed by atoms with van der Waals surface area (Å²) in [4.78, 5) is 31.8. The molecule has 0 saturated carbocycles.